The van der Waals surface area contributed by atoms with Gasteiger partial charge in [0.1, 0.15) is 11.6 Å². The average molecular weight is 291 g/mol. The van der Waals surface area contributed by atoms with Crippen LogP contribution in [0.5, 0.6) is 0 Å². The molecule has 0 fully saturated rings. The second kappa shape index (κ2) is 7.29. The Balaban J connectivity index is 1.85. The molecule has 0 aromatic heterocycles. The summed E-state index contributed by atoms with van der Waals surface area (Å²) >= 11 is 0. The number of halogens is 2. The van der Waals surface area contributed by atoms with Crippen LogP contribution < -0.4 is 0 Å². The maximum Gasteiger partial charge on any atom is 0.128 e. The first-order chi connectivity index (χ1) is 10.1. The van der Waals surface area contributed by atoms with Crippen molar-refractivity contribution in [1.29, 1.82) is 0 Å². The van der Waals surface area contributed by atoms with Crippen LogP contribution in [0.4, 0.5) is 8.78 Å². The zero-order valence-electron chi connectivity index (χ0n) is 12.0. The summed E-state index contributed by atoms with van der Waals surface area (Å²) in [6.07, 6.45) is -0.375. The average Bonchev–Trinajstić information content (AvgIpc) is 2.48. The molecule has 1 unspecified atom stereocenters. The molecule has 1 atom stereocenters. The summed E-state index contributed by atoms with van der Waals surface area (Å²) in [4.78, 5) is 2.01. The van der Waals surface area contributed by atoms with Crippen molar-refractivity contribution < 1.29 is 13.9 Å². The zero-order valence-corrected chi connectivity index (χ0v) is 12.0. The Labute approximate surface area is 123 Å². The van der Waals surface area contributed by atoms with Gasteiger partial charge >= 0.3 is 0 Å². The minimum Gasteiger partial charge on any atom is -0.388 e. The van der Waals surface area contributed by atoms with Gasteiger partial charge in [0.15, 0.2) is 0 Å². The molecule has 0 bridgehead atoms. The first-order valence-electron chi connectivity index (χ1n) is 6.92. The minimum absolute atomic E-state index is 0.253. The SMILES string of the molecule is CN(CCC(O)c1ccccc1F)Cc1ccc(F)cc1. The number of aliphatic hydroxyl groups is 1. The van der Waals surface area contributed by atoms with Crippen LogP contribution in [-0.2, 0) is 6.54 Å². The molecule has 2 rings (SSSR count). The first kappa shape index (κ1) is 15.6. The van der Waals surface area contributed by atoms with Crippen molar-refractivity contribution in [2.75, 3.05) is 13.6 Å². The molecule has 0 radical (unpaired) electrons. The molecule has 4 heteroatoms. The Bertz CT molecular complexity index is 571. The van der Waals surface area contributed by atoms with Crippen LogP contribution in [0, 0.1) is 11.6 Å². The van der Waals surface area contributed by atoms with Crippen molar-refractivity contribution >= 4 is 0 Å². The van der Waals surface area contributed by atoms with Gasteiger partial charge in [0.25, 0.3) is 0 Å². The number of hydrogen-bond acceptors (Lipinski definition) is 2. The molecule has 0 amide bonds. The van der Waals surface area contributed by atoms with E-state index in [9.17, 15) is 13.9 Å². The van der Waals surface area contributed by atoms with Crippen molar-refractivity contribution in [1.82, 2.24) is 4.90 Å². The highest BCUT2D eigenvalue weighted by Gasteiger charge is 2.13. The van der Waals surface area contributed by atoms with Crippen LogP contribution in [0.3, 0.4) is 0 Å². The number of rotatable bonds is 6. The van der Waals surface area contributed by atoms with Gasteiger partial charge in [0.05, 0.1) is 6.10 Å². The molecule has 0 saturated heterocycles. The van der Waals surface area contributed by atoms with Gasteiger partial charge in [0.2, 0.25) is 0 Å². The number of nitrogens with zero attached hydrogens (tertiary/aromatic N) is 1. The maximum absolute atomic E-state index is 13.5. The summed E-state index contributed by atoms with van der Waals surface area (Å²) in [6, 6.07) is 12.6. The van der Waals surface area contributed by atoms with Crippen molar-refractivity contribution in [2.45, 2.75) is 19.1 Å². The normalized spacial score (nSPS) is 12.6. The molecule has 0 saturated carbocycles. The first-order valence-corrected chi connectivity index (χ1v) is 6.92. The summed E-state index contributed by atoms with van der Waals surface area (Å²) in [7, 11) is 1.91. The molecular formula is C17H19F2NO. The monoisotopic (exact) mass is 291 g/mol. The third-order valence-corrected chi connectivity index (χ3v) is 3.41. The Morgan fingerprint density at radius 3 is 2.38 bits per heavy atom. The molecule has 112 valence electrons. The van der Waals surface area contributed by atoms with Crippen LogP contribution in [0.25, 0.3) is 0 Å². The van der Waals surface area contributed by atoms with Crippen molar-refractivity contribution in [3.05, 3.63) is 71.3 Å². The van der Waals surface area contributed by atoms with Crippen molar-refractivity contribution in [2.24, 2.45) is 0 Å². The van der Waals surface area contributed by atoms with E-state index in [0.717, 1.165) is 5.56 Å². The maximum atomic E-state index is 13.5. The quantitative estimate of drug-likeness (QED) is 0.880. The minimum atomic E-state index is -0.818. The zero-order chi connectivity index (χ0) is 15.2. The largest absolute Gasteiger partial charge is 0.388 e. The number of hydrogen-bond donors (Lipinski definition) is 1. The smallest absolute Gasteiger partial charge is 0.128 e. The van der Waals surface area contributed by atoms with E-state index >= 15 is 0 Å². The molecule has 0 spiro atoms. The van der Waals surface area contributed by atoms with Gasteiger partial charge in [-0.05, 0) is 37.2 Å². The summed E-state index contributed by atoms with van der Waals surface area (Å²) in [5, 5.41) is 10.0. The van der Waals surface area contributed by atoms with Gasteiger partial charge < -0.3 is 10.0 Å². The molecule has 0 aliphatic rings. The topological polar surface area (TPSA) is 23.5 Å². The predicted molar refractivity (Wildman–Crippen MR) is 78.7 cm³/mol. The Hall–Kier alpha value is -1.78. The summed E-state index contributed by atoms with van der Waals surface area (Å²) in [6.45, 7) is 1.27. The van der Waals surface area contributed by atoms with Crippen molar-refractivity contribution in [3.63, 3.8) is 0 Å². The Morgan fingerprint density at radius 2 is 1.71 bits per heavy atom. The van der Waals surface area contributed by atoms with E-state index < -0.39 is 6.10 Å². The van der Waals surface area contributed by atoms with Gasteiger partial charge in [-0.15, -0.1) is 0 Å². The molecule has 0 heterocycles. The predicted octanol–water partition coefficient (Wildman–Crippen LogP) is 3.52. The fourth-order valence-electron chi connectivity index (χ4n) is 2.22. The Kier molecular flexibility index (Phi) is 5.42. The van der Waals surface area contributed by atoms with Gasteiger partial charge in [-0.2, -0.15) is 0 Å². The third-order valence-electron chi connectivity index (χ3n) is 3.41. The molecule has 0 aliphatic carbocycles. The second-order valence-corrected chi connectivity index (χ2v) is 5.19. The lowest BCUT2D eigenvalue weighted by Gasteiger charge is -2.19. The van der Waals surface area contributed by atoms with Gasteiger partial charge in [-0.25, -0.2) is 8.78 Å². The van der Waals surface area contributed by atoms with Gasteiger partial charge in [-0.1, -0.05) is 30.3 Å². The molecule has 0 aliphatic heterocycles. The number of benzene rings is 2. The standard InChI is InChI=1S/C17H19F2NO/c1-20(12-13-6-8-14(18)9-7-13)11-10-17(21)15-4-2-3-5-16(15)19/h2-9,17,21H,10-12H2,1H3. The van der Waals surface area contributed by atoms with Crippen LogP contribution >= 0.6 is 0 Å². The molecule has 2 nitrogen and oxygen atoms in total. The molecule has 2 aromatic rings. The van der Waals surface area contributed by atoms with Crippen LogP contribution in [0.15, 0.2) is 48.5 Å². The Morgan fingerprint density at radius 1 is 1.05 bits per heavy atom. The third kappa shape index (κ3) is 4.62. The van der Waals surface area contributed by atoms with Crippen LogP contribution in [-0.4, -0.2) is 23.6 Å². The highest BCUT2D eigenvalue weighted by Crippen LogP contribution is 2.20. The van der Waals surface area contributed by atoms with Crippen LogP contribution in [0.2, 0.25) is 0 Å². The van der Waals surface area contributed by atoms with Gasteiger partial charge in [0, 0.05) is 18.7 Å². The molecule has 21 heavy (non-hydrogen) atoms. The van der Waals surface area contributed by atoms with E-state index in [0.29, 0.717) is 25.1 Å². The lowest BCUT2D eigenvalue weighted by molar-refractivity contribution is 0.144. The van der Waals surface area contributed by atoms with E-state index in [1.54, 1.807) is 30.3 Å². The highest BCUT2D eigenvalue weighted by molar-refractivity contribution is 5.19. The molecule has 1 N–H and O–H groups in total. The van der Waals surface area contributed by atoms with E-state index in [1.807, 2.05) is 11.9 Å². The van der Waals surface area contributed by atoms with Crippen LogP contribution in [0.1, 0.15) is 23.7 Å². The lowest BCUT2D eigenvalue weighted by atomic mass is 10.1. The fourth-order valence-corrected chi connectivity index (χ4v) is 2.22. The highest BCUT2D eigenvalue weighted by atomic mass is 19.1. The van der Waals surface area contributed by atoms with Crippen molar-refractivity contribution in [3.8, 4) is 0 Å². The lowest BCUT2D eigenvalue weighted by Crippen LogP contribution is -2.21. The summed E-state index contributed by atoms with van der Waals surface area (Å²) in [5.41, 5.74) is 1.33. The van der Waals surface area contributed by atoms with Gasteiger partial charge in [-0.3, -0.25) is 0 Å². The molecule has 2 aromatic carbocycles. The van der Waals surface area contributed by atoms with E-state index in [2.05, 4.69) is 0 Å². The second-order valence-electron chi connectivity index (χ2n) is 5.19. The van der Waals surface area contributed by atoms with E-state index in [-0.39, 0.29) is 11.6 Å². The molecular weight excluding hydrogens is 272 g/mol. The summed E-state index contributed by atoms with van der Waals surface area (Å²) in [5.74, 6) is -0.637. The van der Waals surface area contributed by atoms with E-state index in [1.165, 1.54) is 18.2 Å². The number of aliphatic hydroxyl groups excluding tert-OH is 1. The summed E-state index contributed by atoms with van der Waals surface area (Å²) < 4.78 is 26.4. The fraction of sp³-hybridized carbons (Fsp3) is 0.294. The van der Waals surface area contributed by atoms with E-state index in [4.69, 9.17) is 0 Å².